The van der Waals surface area contributed by atoms with Crippen LogP contribution in [0.5, 0.6) is 0 Å². The van der Waals surface area contributed by atoms with Gasteiger partial charge in [-0.2, -0.15) is 0 Å². The van der Waals surface area contributed by atoms with Crippen molar-refractivity contribution in [2.75, 3.05) is 6.61 Å². The second kappa shape index (κ2) is 39.5. The minimum absolute atomic E-state index is 0.0290. The molecule has 0 rings (SSSR count). The Bertz CT molecular complexity index is 671. The number of unbranched alkanes of at least 4 members (excludes halogenated alkanes) is 23. The fraction of sp³-hybridized carbons (Fsp3) is 0.786. The summed E-state index contributed by atoms with van der Waals surface area (Å²) in [7, 11) is 0. The van der Waals surface area contributed by atoms with E-state index in [1.165, 1.54) is 148 Å². The number of carbonyl (C=O) groups excluding carboxylic acids is 1. The molecule has 0 aromatic heterocycles. The Morgan fingerprint density at radius 1 is 0.386 bits per heavy atom. The number of rotatable bonds is 35. The molecule has 2 nitrogen and oxygen atoms in total. The summed E-state index contributed by atoms with van der Waals surface area (Å²) in [4.78, 5) is 11.9. The number of ether oxygens (including phenoxy) is 1. The SMILES string of the molecule is CCCCC/C=C/C/C=C/C/C=C/C/C=C/CCCC(=O)OCCCCCCCCCCCCCCCCCCCCCC. The summed E-state index contributed by atoms with van der Waals surface area (Å²) < 4.78 is 5.42. The van der Waals surface area contributed by atoms with Crippen LogP contribution >= 0.6 is 0 Å². The summed E-state index contributed by atoms with van der Waals surface area (Å²) in [6.07, 6.45) is 56.2. The molecule has 0 N–H and O–H groups in total. The van der Waals surface area contributed by atoms with Crippen LogP contribution in [0.2, 0.25) is 0 Å². The maximum Gasteiger partial charge on any atom is 0.305 e. The van der Waals surface area contributed by atoms with Crippen LogP contribution in [0.4, 0.5) is 0 Å². The second-order valence-electron chi connectivity index (χ2n) is 12.9. The summed E-state index contributed by atoms with van der Waals surface area (Å²) in [5.74, 6) is -0.0290. The van der Waals surface area contributed by atoms with Gasteiger partial charge in [-0.25, -0.2) is 0 Å². The van der Waals surface area contributed by atoms with E-state index in [1.54, 1.807) is 0 Å². The van der Waals surface area contributed by atoms with Crippen LogP contribution in [0.3, 0.4) is 0 Å². The molecule has 0 fully saturated rings. The lowest BCUT2D eigenvalue weighted by Crippen LogP contribution is -2.05. The standard InChI is InChI=1S/C42H76O2/c1-3-5-7-9-11-13-15-17-19-21-22-23-25-27-29-31-33-35-37-39-41-44-42(43)40-38-36-34-32-30-28-26-24-20-18-16-14-12-10-8-6-4-2/h12,14,18,20,26,28,32,34H,3-11,13,15-17,19,21-25,27,29-31,33,35-41H2,1-2H3/b14-12+,20-18+,28-26+,34-32+. The monoisotopic (exact) mass is 613 g/mol. The molecule has 0 aliphatic heterocycles. The fourth-order valence-electron chi connectivity index (χ4n) is 5.54. The summed E-state index contributed by atoms with van der Waals surface area (Å²) in [6.45, 7) is 5.14. The quantitative estimate of drug-likeness (QED) is 0.0404. The Balaban J connectivity index is 3.30. The number of carbonyl (C=O) groups is 1. The molecular formula is C42H76O2. The second-order valence-corrected chi connectivity index (χ2v) is 12.9. The van der Waals surface area contributed by atoms with Gasteiger partial charge in [0.1, 0.15) is 0 Å². The van der Waals surface area contributed by atoms with Crippen molar-refractivity contribution in [3.8, 4) is 0 Å². The predicted molar refractivity (Wildman–Crippen MR) is 197 cm³/mol. The molecule has 0 aromatic rings. The number of esters is 1. The molecule has 0 radical (unpaired) electrons. The van der Waals surface area contributed by atoms with E-state index in [9.17, 15) is 4.79 Å². The highest BCUT2D eigenvalue weighted by atomic mass is 16.5. The molecule has 2 heteroatoms. The number of hydrogen-bond acceptors (Lipinski definition) is 2. The molecule has 0 aliphatic rings. The predicted octanol–water partition coefficient (Wildman–Crippen LogP) is 14.5. The Labute approximate surface area is 276 Å². The number of hydrogen-bond donors (Lipinski definition) is 0. The molecule has 0 bridgehead atoms. The van der Waals surface area contributed by atoms with E-state index >= 15 is 0 Å². The Hall–Kier alpha value is -1.57. The van der Waals surface area contributed by atoms with Gasteiger partial charge in [-0.15, -0.1) is 0 Å². The van der Waals surface area contributed by atoms with Crippen molar-refractivity contribution in [3.63, 3.8) is 0 Å². The molecule has 0 saturated heterocycles. The van der Waals surface area contributed by atoms with E-state index in [1.807, 2.05) is 0 Å². The Morgan fingerprint density at radius 3 is 1.11 bits per heavy atom. The first-order chi connectivity index (χ1) is 21.8. The highest BCUT2D eigenvalue weighted by molar-refractivity contribution is 5.69. The van der Waals surface area contributed by atoms with Gasteiger partial charge in [-0.1, -0.05) is 197 Å². The van der Waals surface area contributed by atoms with Crippen molar-refractivity contribution in [2.24, 2.45) is 0 Å². The molecule has 256 valence electrons. The zero-order valence-electron chi connectivity index (χ0n) is 29.9. The smallest absolute Gasteiger partial charge is 0.305 e. The molecule has 0 atom stereocenters. The lowest BCUT2D eigenvalue weighted by molar-refractivity contribution is -0.143. The van der Waals surface area contributed by atoms with Gasteiger partial charge in [-0.05, 0) is 51.4 Å². The third kappa shape index (κ3) is 38.5. The van der Waals surface area contributed by atoms with Crippen molar-refractivity contribution in [1.82, 2.24) is 0 Å². The van der Waals surface area contributed by atoms with Crippen LogP contribution in [-0.4, -0.2) is 12.6 Å². The Kier molecular flexibility index (Phi) is 38.0. The van der Waals surface area contributed by atoms with E-state index < -0.39 is 0 Å². The third-order valence-corrected chi connectivity index (χ3v) is 8.47. The zero-order chi connectivity index (χ0) is 31.9. The van der Waals surface area contributed by atoms with Crippen molar-refractivity contribution in [2.45, 2.75) is 206 Å². The number of allylic oxidation sites excluding steroid dienone is 8. The largest absolute Gasteiger partial charge is 0.466 e. The third-order valence-electron chi connectivity index (χ3n) is 8.47. The molecular weight excluding hydrogens is 536 g/mol. The van der Waals surface area contributed by atoms with E-state index in [4.69, 9.17) is 4.74 Å². The summed E-state index contributed by atoms with van der Waals surface area (Å²) in [6, 6.07) is 0. The molecule has 0 amide bonds. The van der Waals surface area contributed by atoms with Crippen LogP contribution in [0.25, 0.3) is 0 Å². The van der Waals surface area contributed by atoms with Crippen LogP contribution in [0, 0.1) is 0 Å². The van der Waals surface area contributed by atoms with Gasteiger partial charge in [0.05, 0.1) is 6.61 Å². The van der Waals surface area contributed by atoms with E-state index in [-0.39, 0.29) is 5.97 Å². The first-order valence-corrected chi connectivity index (χ1v) is 19.6. The van der Waals surface area contributed by atoms with Gasteiger partial charge in [0, 0.05) is 6.42 Å². The maximum absolute atomic E-state index is 11.9. The lowest BCUT2D eigenvalue weighted by atomic mass is 10.0. The molecule has 0 aliphatic carbocycles. The van der Waals surface area contributed by atoms with Gasteiger partial charge < -0.3 is 4.74 Å². The van der Waals surface area contributed by atoms with Gasteiger partial charge in [0.15, 0.2) is 0 Å². The van der Waals surface area contributed by atoms with Gasteiger partial charge in [0.2, 0.25) is 0 Å². The highest BCUT2D eigenvalue weighted by Crippen LogP contribution is 2.15. The van der Waals surface area contributed by atoms with Gasteiger partial charge >= 0.3 is 5.97 Å². The van der Waals surface area contributed by atoms with Crippen molar-refractivity contribution >= 4 is 5.97 Å². The van der Waals surface area contributed by atoms with E-state index in [0.29, 0.717) is 13.0 Å². The van der Waals surface area contributed by atoms with Crippen molar-refractivity contribution < 1.29 is 9.53 Å². The molecule has 0 unspecified atom stereocenters. The maximum atomic E-state index is 11.9. The molecule has 0 spiro atoms. The van der Waals surface area contributed by atoms with Gasteiger partial charge in [0.25, 0.3) is 0 Å². The van der Waals surface area contributed by atoms with Crippen LogP contribution < -0.4 is 0 Å². The summed E-state index contributed by atoms with van der Waals surface area (Å²) in [5, 5.41) is 0. The molecule has 0 heterocycles. The Morgan fingerprint density at radius 2 is 0.705 bits per heavy atom. The lowest BCUT2D eigenvalue weighted by Gasteiger charge is -2.05. The fourth-order valence-corrected chi connectivity index (χ4v) is 5.54. The van der Waals surface area contributed by atoms with Crippen LogP contribution in [0.1, 0.15) is 206 Å². The van der Waals surface area contributed by atoms with Crippen LogP contribution in [-0.2, 0) is 9.53 Å². The normalized spacial score (nSPS) is 12.1. The molecule has 0 saturated carbocycles. The topological polar surface area (TPSA) is 26.3 Å². The average Bonchev–Trinajstić information content (AvgIpc) is 3.03. The zero-order valence-corrected chi connectivity index (χ0v) is 29.9. The van der Waals surface area contributed by atoms with Gasteiger partial charge in [-0.3, -0.25) is 4.79 Å². The average molecular weight is 613 g/mol. The first-order valence-electron chi connectivity index (χ1n) is 19.6. The first kappa shape index (κ1) is 42.4. The molecule has 44 heavy (non-hydrogen) atoms. The minimum atomic E-state index is -0.0290. The highest BCUT2D eigenvalue weighted by Gasteiger charge is 2.01. The van der Waals surface area contributed by atoms with E-state index in [2.05, 4.69) is 62.5 Å². The van der Waals surface area contributed by atoms with E-state index in [0.717, 1.165) is 38.5 Å². The molecule has 0 aromatic carbocycles. The van der Waals surface area contributed by atoms with Crippen molar-refractivity contribution in [3.05, 3.63) is 48.6 Å². The van der Waals surface area contributed by atoms with Crippen molar-refractivity contribution in [1.29, 1.82) is 0 Å². The summed E-state index contributed by atoms with van der Waals surface area (Å²) >= 11 is 0. The minimum Gasteiger partial charge on any atom is -0.466 e. The summed E-state index contributed by atoms with van der Waals surface area (Å²) in [5.41, 5.74) is 0. The van der Waals surface area contributed by atoms with Crippen LogP contribution in [0.15, 0.2) is 48.6 Å².